The molecule has 4 nitrogen and oxygen atoms in total. The van der Waals surface area contributed by atoms with Crippen LogP contribution in [0.15, 0.2) is 42.5 Å². The van der Waals surface area contributed by atoms with Crippen LogP contribution >= 0.6 is 0 Å². The smallest absolute Gasteiger partial charge is 0.251 e. The Morgan fingerprint density at radius 2 is 1.92 bits per heavy atom. The fourth-order valence-corrected chi connectivity index (χ4v) is 3.52. The Balaban J connectivity index is 1.73. The Hall–Kier alpha value is -2.75. The molecule has 1 N–H and O–H groups in total. The molecule has 4 heteroatoms. The average Bonchev–Trinajstić information content (AvgIpc) is 2.91. The molecule has 0 aliphatic rings. The molecule has 0 aliphatic heterocycles. The van der Waals surface area contributed by atoms with Gasteiger partial charge in [0, 0.05) is 35.2 Å². The number of ether oxygens (including phenoxy) is 1. The summed E-state index contributed by atoms with van der Waals surface area (Å²) in [5.41, 5.74) is 5.49. The van der Waals surface area contributed by atoms with Crippen molar-refractivity contribution in [2.45, 2.75) is 33.7 Å². The van der Waals surface area contributed by atoms with Crippen molar-refractivity contribution in [2.75, 3.05) is 13.7 Å². The molecule has 1 aromatic heterocycles. The molecule has 3 rings (SSSR count). The maximum Gasteiger partial charge on any atom is 0.251 e. The molecule has 0 saturated carbocycles. The van der Waals surface area contributed by atoms with Crippen LogP contribution in [0.5, 0.6) is 5.75 Å². The van der Waals surface area contributed by atoms with E-state index in [0.29, 0.717) is 12.1 Å². The number of aryl methyl sites for hydroxylation is 2. The van der Waals surface area contributed by atoms with Crippen molar-refractivity contribution in [1.29, 1.82) is 0 Å². The molecule has 0 spiro atoms. The zero-order chi connectivity index (χ0) is 18.7. The molecule has 0 radical (unpaired) electrons. The number of rotatable bonds is 6. The quantitative estimate of drug-likeness (QED) is 0.722. The number of amides is 1. The van der Waals surface area contributed by atoms with Crippen molar-refractivity contribution in [1.82, 2.24) is 9.88 Å². The largest absolute Gasteiger partial charge is 0.496 e. The van der Waals surface area contributed by atoms with E-state index in [1.807, 2.05) is 42.5 Å². The van der Waals surface area contributed by atoms with E-state index >= 15 is 0 Å². The second-order valence-corrected chi connectivity index (χ2v) is 6.50. The number of nitrogens with zero attached hydrogens (tertiary/aromatic N) is 1. The molecule has 136 valence electrons. The molecule has 0 fully saturated rings. The average molecular weight is 350 g/mol. The van der Waals surface area contributed by atoms with E-state index in [-0.39, 0.29) is 5.91 Å². The van der Waals surface area contributed by atoms with E-state index in [1.54, 1.807) is 7.11 Å². The number of nitrogens with one attached hydrogen (secondary N) is 1. The highest BCUT2D eigenvalue weighted by Crippen LogP contribution is 2.26. The van der Waals surface area contributed by atoms with Gasteiger partial charge in [-0.3, -0.25) is 4.79 Å². The number of carbonyl (C=O) groups excluding carboxylic acids is 1. The van der Waals surface area contributed by atoms with Crippen LogP contribution in [0.25, 0.3) is 10.9 Å². The summed E-state index contributed by atoms with van der Waals surface area (Å²) in [7, 11) is 1.67. The van der Waals surface area contributed by atoms with Gasteiger partial charge in [-0.2, -0.15) is 0 Å². The Labute approximate surface area is 154 Å². The molecule has 1 amide bonds. The first-order chi connectivity index (χ1) is 12.6. The van der Waals surface area contributed by atoms with Gasteiger partial charge < -0.3 is 14.6 Å². The van der Waals surface area contributed by atoms with Gasteiger partial charge in [0.25, 0.3) is 5.91 Å². The zero-order valence-corrected chi connectivity index (χ0v) is 15.9. The first-order valence-electron chi connectivity index (χ1n) is 9.06. The minimum atomic E-state index is -0.0388. The fourth-order valence-electron chi connectivity index (χ4n) is 3.52. The van der Waals surface area contributed by atoms with E-state index in [1.165, 1.54) is 16.8 Å². The first kappa shape index (κ1) is 18.1. The summed E-state index contributed by atoms with van der Waals surface area (Å²) in [6, 6.07) is 13.9. The summed E-state index contributed by atoms with van der Waals surface area (Å²) in [5.74, 6) is 0.818. The highest BCUT2D eigenvalue weighted by molar-refractivity contribution is 5.99. The van der Waals surface area contributed by atoms with E-state index in [9.17, 15) is 4.79 Å². The molecule has 0 atom stereocenters. The van der Waals surface area contributed by atoms with Gasteiger partial charge in [0.2, 0.25) is 0 Å². The Morgan fingerprint density at radius 1 is 1.15 bits per heavy atom. The summed E-state index contributed by atoms with van der Waals surface area (Å²) >= 11 is 0. The lowest BCUT2D eigenvalue weighted by atomic mass is 10.1. The van der Waals surface area contributed by atoms with Crippen LogP contribution in [0, 0.1) is 13.8 Å². The van der Waals surface area contributed by atoms with Crippen LogP contribution in [0.2, 0.25) is 0 Å². The van der Waals surface area contributed by atoms with E-state index in [4.69, 9.17) is 4.74 Å². The number of para-hydroxylation sites is 1. The highest BCUT2D eigenvalue weighted by atomic mass is 16.5. The predicted octanol–water partition coefficient (Wildman–Crippen LogP) is 4.26. The van der Waals surface area contributed by atoms with Crippen molar-refractivity contribution >= 4 is 16.8 Å². The SMILES string of the molecule is CCn1c(C)c(C)c2cc(C(=O)NCCc3ccccc3OC)ccc21. The Kier molecular flexibility index (Phi) is 5.31. The van der Waals surface area contributed by atoms with Crippen LogP contribution < -0.4 is 10.1 Å². The third-order valence-electron chi connectivity index (χ3n) is 5.09. The lowest BCUT2D eigenvalue weighted by Gasteiger charge is -2.09. The van der Waals surface area contributed by atoms with E-state index in [0.717, 1.165) is 29.7 Å². The molecule has 0 aliphatic carbocycles. The van der Waals surface area contributed by atoms with Gasteiger partial charge in [-0.05, 0) is 62.6 Å². The Morgan fingerprint density at radius 3 is 2.65 bits per heavy atom. The monoisotopic (exact) mass is 350 g/mol. The number of aromatic nitrogens is 1. The third kappa shape index (κ3) is 3.32. The molecule has 1 heterocycles. The van der Waals surface area contributed by atoms with Crippen LogP contribution in [-0.2, 0) is 13.0 Å². The van der Waals surface area contributed by atoms with Gasteiger partial charge in [-0.1, -0.05) is 18.2 Å². The van der Waals surface area contributed by atoms with E-state index < -0.39 is 0 Å². The van der Waals surface area contributed by atoms with Crippen molar-refractivity contribution in [2.24, 2.45) is 0 Å². The van der Waals surface area contributed by atoms with Gasteiger partial charge in [-0.25, -0.2) is 0 Å². The van der Waals surface area contributed by atoms with Gasteiger partial charge in [0.05, 0.1) is 7.11 Å². The highest BCUT2D eigenvalue weighted by Gasteiger charge is 2.13. The predicted molar refractivity (Wildman–Crippen MR) is 106 cm³/mol. The molecular weight excluding hydrogens is 324 g/mol. The van der Waals surface area contributed by atoms with Crippen LogP contribution in [-0.4, -0.2) is 24.1 Å². The molecule has 0 bridgehead atoms. The van der Waals surface area contributed by atoms with Gasteiger partial charge in [0.1, 0.15) is 5.75 Å². The molecule has 0 unspecified atom stereocenters. The van der Waals surface area contributed by atoms with Crippen LogP contribution in [0.4, 0.5) is 0 Å². The summed E-state index contributed by atoms with van der Waals surface area (Å²) in [6.07, 6.45) is 0.738. The standard InChI is InChI=1S/C22H26N2O2/c1-5-24-16(3)15(2)19-14-18(10-11-20(19)24)22(25)23-13-12-17-8-6-7-9-21(17)26-4/h6-11,14H,5,12-13H2,1-4H3,(H,23,25). The molecule has 3 aromatic rings. The maximum absolute atomic E-state index is 12.6. The molecular formula is C22H26N2O2. The van der Waals surface area contributed by atoms with E-state index in [2.05, 4.69) is 30.7 Å². The maximum atomic E-state index is 12.6. The molecule has 0 saturated heterocycles. The third-order valence-corrected chi connectivity index (χ3v) is 5.09. The number of methoxy groups -OCH3 is 1. The lowest BCUT2D eigenvalue weighted by Crippen LogP contribution is -2.25. The number of benzene rings is 2. The first-order valence-corrected chi connectivity index (χ1v) is 9.06. The van der Waals surface area contributed by atoms with Crippen LogP contribution in [0.1, 0.15) is 34.1 Å². The summed E-state index contributed by atoms with van der Waals surface area (Å²) in [6.45, 7) is 7.90. The summed E-state index contributed by atoms with van der Waals surface area (Å²) < 4.78 is 7.64. The van der Waals surface area contributed by atoms with Crippen molar-refractivity contribution in [3.05, 3.63) is 64.8 Å². The molecule has 2 aromatic carbocycles. The summed E-state index contributed by atoms with van der Waals surface area (Å²) in [5, 5.41) is 4.17. The van der Waals surface area contributed by atoms with Gasteiger partial charge in [-0.15, -0.1) is 0 Å². The second-order valence-electron chi connectivity index (χ2n) is 6.50. The minimum absolute atomic E-state index is 0.0388. The normalized spacial score (nSPS) is 10.9. The zero-order valence-electron chi connectivity index (χ0n) is 15.9. The van der Waals surface area contributed by atoms with Crippen molar-refractivity contribution in [3.8, 4) is 5.75 Å². The molecule has 26 heavy (non-hydrogen) atoms. The Bertz CT molecular complexity index is 941. The number of hydrogen-bond acceptors (Lipinski definition) is 2. The number of carbonyl (C=O) groups is 1. The van der Waals surface area contributed by atoms with Crippen molar-refractivity contribution in [3.63, 3.8) is 0 Å². The second kappa shape index (κ2) is 7.65. The number of fused-ring (bicyclic) bond motifs is 1. The fraction of sp³-hybridized carbons (Fsp3) is 0.318. The van der Waals surface area contributed by atoms with Gasteiger partial charge in [0.15, 0.2) is 0 Å². The number of hydrogen-bond donors (Lipinski definition) is 1. The van der Waals surface area contributed by atoms with Gasteiger partial charge >= 0.3 is 0 Å². The minimum Gasteiger partial charge on any atom is -0.496 e. The summed E-state index contributed by atoms with van der Waals surface area (Å²) in [4.78, 5) is 12.6. The van der Waals surface area contributed by atoms with Crippen LogP contribution in [0.3, 0.4) is 0 Å². The topological polar surface area (TPSA) is 43.3 Å². The lowest BCUT2D eigenvalue weighted by molar-refractivity contribution is 0.0954. The van der Waals surface area contributed by atoms with Crippen molar-refractivity contribution < 1.29 is 9.53 Å².